The lowest BCUT2D eigenvalue weighted by atomic mass is 10.2. The molecule has 114 valence electrons. The van der Waals surface area contributed by atoms with E-state index in [0.717, 1.165) is 38.2 Å². The zero-order valence-corrected chi connectivity index (χ0v) is 13.3. The first-order chi connectivity index (χ1) is 10.2. The van der Waals surface area contributed by atoms with Crippen LogP contribution in [0.2, 0.25) is 0 Å². The summed E-state index contributed by atoms with van der Waals surface area (Å²) < 4.78 is 2.11. The number of nitrogen functional groups attached to an aromatic ring is 1. The number of nitrogens with two attached hydrogens (primary N) is 1. The van der Waals surface area contributed by atoms with Gasteiger partial charge in [-0.15, -0.1) is 0 Å². The smallest absolute Gasteiger partial charge is 0.0625 e. The molecule has 0 aliphatic heterocycles. The highest BCUT2D eigenvalue weighted by molar-refractivity contribution is 5.53. The van der Waals surface area contributed by atoms with Gasteiger partial charge in [-0.1, -0.05) is 13.8 Å². The van der Waals surface area contributed by atoms with Crippen molar-refractivity contribution in [2.24, 2.45) is 0 Å². The van der Waals surface area contributed by atoms with Gasteiger partial charge in [-0.05, 0) is 50.1 Å². The fourth-order valence-corrected chi connectivity index (χ4v) is 2.54. The van der Waals surface area contributed by atoms with E-state index >= 15 is 0 Å². The summed E-state index contributed by atoms with van der Waals surface area (Å²) in [5, 5.41) is 4.64. The van der Waals surface area contributed by atoms with E-state index in [0.29, 0.717) is 0 Å². The standard InChI is InChI=1S/C17H26N4/c1-4-11-20(16-9-7-14(18)8-10-16)13-17-12-15(5-2)19-21(17)6-3/h7-10,12H,4-6,11,13,18H2,1-3H3. The normalized spacial score (nSPS) is 10.8. The van der Waals surface area contributed by atoms with E-state index in [4.69, 9.17) is 5.73 Å². The molecular weight excluding hydrogens is 260 g/mol. The molecule has 0 atom stereocenters. The highest BCUT2D eigenvalue weighted by Crippen LogP contribution is 2.20. The summed E-state index contributed by atoms with van der Waals surface area (Å²) in [6.45, 7) is 9.33. The molecule has 4 heteroatoms. The van der Waals surface area contributed by atoms with E-state index in [-0.39, 0.29) is 0 Å². The number of rotatable bonds is 7. The van der Waals surface area contributed by atoms with E-state index in [2.05, 4.69) is 53.7 Å². The van der Waals surface area contributed by atoms with Gasteiger partial charge in [0.25, 0.3) is 0 Å². The van der Waals surface area contributed by atoms with Crippen molar-refractivity contribution in [3.63, 3.8) is 0 Å². The summed E-state index contributed by atoms with van der Waals surface area (Å²) in [6, 6.07) is 10.3. The number of nitrogens with zero attached hydrogens (tertiary/aromatic N) is 3. The van der Waals surface area contributed by atoms with Gasteiger partial charge in [0.1, 0.15) is 0 Å². The Bertz CT molecular complexity index is 557. The Balaban J connectivity index is 2.23. The van der Waals surface area contributed by atoms with Crippen LogP contribution in [0.5, 0.6) is 0 Å². The highest BCUT2D eigenvalue weighted by Gasteiger charge is 2.11. The summed E-state index contributed by atoms with van der Waals surface area (Å²) in [4.78, 5) is 2.39. The Morgan fingerprint density at radius 1 is 1.14 bits per heavy atom. The third-order valence-electron chi connectivity index (χ3n) is 3.68. The fourth-order valence-electron chi connectivity index (χ4n) is 2.54. The van der Waals surface area contributed by atoms with Crippen LogP contribution in [0.25, 0.3) is 0 Å². The van der Waals surface area contributed by atoms with Gasteiger partial charge >= 0.3 is 0 Å². The Kier molecular flexibility index (Phi) is 5.26. The van der Waals surface area contributed by atoms with Crippen molar-refractivity contribution in [1.82, 2.24) is 9.78 Å². The Labute approximate surface area is 127 Å². The predicted octanol–water partition coefficient (Wildman–Crippen LogP) is 3.46. The number of aromatic nitrogens is 2. The summed E-state index contributed by atoms with van der Waals surface area (Å²) >= 11 is 0. The average molecular weight is 286 g/mol. The van der Waals surface area contributed by atoms with E-state index in [9.17, 15) is 0 Å². The minimum atomic E-state index is 0.807. The maximum Gasteiger partial charge on any atom is 0.0625 e. The van der Waals surface area contributed by atoms with Crippen LogP contribution in [0, 0.1) is 0 Å². The lowest BCUT2D eigenvalue weighted by Gasteiger charge is -2.24. The number of hydrogen-bond acceptors (Lipinski definition) is 3. The van der Waals surface area contributed by atoms with Crippen LogP contribution >= 0.6 is 0 Å². The van der Waals surface area contributed by atoms with Gasteiger partial charge in [-0.25, -0.2) is 0 Å². The molecule has 2 aromatic rings. The summed E-state index contributed by atoms with van der Waals surface area (Å²) in [5.74, 6) is 0. The summed E-state index contributed by atoms with van der Waals surface area (Å²) in [6.07, 6.45) is 2.10. The lowest BCUT2D eigenvalue weighted by molar-refractivity contribution is 0.601. The quantitative estimate of drug-likeness (QED) is 0.793. The van der Waals surface area contributed by atoms with Crippen LogP contribution in [-0.4, -0.2) is 16.3 Å². The third-order valence-corrected chi connectivity index (χ3v) is 3.68. The number of aryl methyl sites for hydroxylation is 2. The predicted molar refractivity (Wildman–Crippen MR) is 89.5 cm³/mol. The Morgan fingerprint density at radius 3 is 2.43 bits per heavy atom. The van der Waals surface area contributed by atoms with E-state index in [1.54, 1.807) is 0 Å². The van der Waals surface area contributed by atoms with Gasteiger partial charge in [0, 0.05) is 24.5 Å². The SMILES string of the molecule is CCCN(Cc1cc(CC)nn1CC)c1ccc(N)cc1. The van der Waals surface area contributed by atoms with Crippen molar-refractivity contribution in [3.05, 3.63) is 41.7 Å². The average Bonchev–Trinajstić information content (AvgIpc) is 2.90. The Hall–Kier alpha value is -1.97. The molecule has 1 aromatic heterocycles. The monoisotopic (exact) mass is 286 g/mol. The molecule has 0 spiro atoms. The minimum Gasteiger partial charge on any atom is -0.399 e. The van der Waals surface area contributed by atoms with Crippen LogP contribution < -0.4 is 10.6 Å². The van der Waals surface area contributed by atoms with Crippen molar-refractivity contribution in [2.45, 2.75) is 46.7 Å². The first-order valence-electron chi connectivity index (χ1n) is 7.84. The third kappa shape index (κ3) is 3.78. The van der Waals surface area contributed by atoms with Crippen LogP contribution in [0.4, 0.5) is 11.4 Å². The second kappa shape index (κ2) is 7.16. The van der Waals surface area contributed by atoms with Crippen molar-refractivity contribution in [1.29, 1.82) is 0 Å². The molecule has 0 unspecified atom stereocenters. The molecule has 0 saturated carbocycles. The molecule has 0 aliphatic carbocycles. The molecule has 2 rings (SSSR count). The highest BCUT2D eigenvalue weighted by atomic mass is 15.3. The molecule has 2 N–H and O–H groups in total. The molecule has 0 amide bonds. The van der Waals surface area contributed by atoms with Crippen molar-refractivity contribution in [3.8, 4) is 0 Å². The lowest BCUT2D eigenvalue weighted by Crippen LogP contribution is -2.25. The number of anilines is 2. The van der Waals surface area contributed by atoms with Gasteiger partial charge in [-0.3, -0.25) is 4.68 Å². The maximum absolute atomic E-state index is 5.79. The van der Waals surface area contributed by atoms with Gasteiger partial charge in [0.05, 0.1) is 17.9 Å². The van der Waals surface area contributed by atoms with Crippen molar-refractivity contribution >= 4 is 11.4 Å². The van der Waals surface area contributed by atoms with Crippen LogP contribution in [-0.2, 0) is 19.5 Å². The van der Waals surface area contributed by atoms with Crippen LogP contribution in [0.15, 0.2) is 30.3 Å². The number of benzene rings is 1. The summed E-state index contributed by atoms with van der Waals surface area (Å²) in [7, 11) is 0. The van der Waals surface area contributed by atoms with Crippen LogP contribution in [0.3, 0.4) is 0 Å². The minimum absolute atomic E-state index is 0.807. The van der Waals surface area contributed by atoms with Gasteiger partial charge < -0.3 is 10.6 Å². The van der Waals surface area contributed by atoms with Gasteiger partial charge in [0.2, 0.25) is 0 Å². The van der Waals surface area contributed by atoms with Gasteiger partial charge in [0.15, 0.2) is 0 Å². The molecule has 1 heterocycles. The summed E-state index contributed by atoms with van der Waals surface area (Å²) in [5.41, 5.74) is 10.3. The molecule has 0 saturated heterocycles. The van der Waals surface area contributed by atoms with Crippen molar-refractivity contribution in [2.75, 3.05) is 17.2 Å². The maximum atomic E-state index is 5.79. The fraction of sp³-hybridized carbons (Fsp3) is 0.471. The first-order valence-corrected chi connectivity index (χ1v) is 7.84. The molecule has 1 aromatic carbocycles. The van der Waals surface area contributed by atoms with Crippen LogP contribution in [0.1, 0.15) is 38.6 Å². The Morgan fingerprint density at radius 2 is 1.86 bits per heavy atom. The largest absolute Gasteiger partial charge is 0.399 e. The van der Waals surface area contributed by atoms with E-state index in [1.807, 2.05) is 12.1 Å². The molecule has 0 radical (unpaired) electrons. The van der Waals surface area contributed by atoms with E-state index < -0.39 is 0 Å². The second-order valence-electron chi connectivity index (χ2n) is 5.31. The molecule has 0 fully saturated rings. The van der Waals surface area contributed by atoms with E-state index in [1.165, 1.54) is 17.1 Å². The topological polar surface area (TPSA) is 47.1 Å². The second-order valence-corrected chi connectivity index (χ2v) is 5.31. The molecule has 0 aliphatic rings. The molecule has 4 nitrogen and oxygen atoms in total. The zero-order valence-electron chi connectivity index (χ0n) is 13.3. The molecular formula is C17H26N4. The first kappa shape index (κ1) is 15.4. The zero-order chi connectivity index (χ0) is 15.2. The molecule has 0 bridgehead atoms. The van der Waals surface area contributed by atoms with Crippen molar-refractivity contribution < 1.29 is 0 Å². The number of hydrogen-bond donors (Lipinski definition) is 1. The van der Waals surface area contributed by atoms with Gasteiger partial charge in [-0.2, -0.15) is 5.10 Å². The molecule has 21 heavy (non-hydrogen) atoms.